The van der Waals surface area contributed by atoms with Crippen LogP contribution in [-0.2, 0) is 25.6 Å². The van der Waals surface area contributed by atoms with Crippen molar-refractivity contribution in [3.05, 3.63) is 35.9 Å². The number of nitrogens with zero attached hydrogens (tertiary/aromatic N) is 1. The quantitative estimate of drug-likeness (QED) is 0.718. The van der Waals surface area contributed by atoms with Crippen molar-refractivity contribution in [1.29, 1.82) is 0 Å². The number of ether oxygens (including phenoxy) is 3. The highest BCUT2D eigenvalue weighted by Crippen LogP contribution is 2.34. The van der Waals surface area contributed by atoms with Crippen LogP contribution in [0.1, 0.15) is 32.8 Å². The molecule has 0 aliphatic carbocycles. The molecule has 1 fully saturated rings. The van der Waals surface area contributed by atoms with E-state index in [2.05, 4.69) is 4.74 Å². The smallest absolute Gasteiger partial charge is 0.412 e. The summed E-state index contributed by atoms with van der Waals surface area (Å²) >= 11 is 0. The lowest BCUT2D eigenvalue weighted by molar-refractivity contribution is -0.174. The molecule has 1 saturated heterocycles. The zero-order chi connectivity index (χ0) is 19.4. The molecule has 0 N–H and O–H groups in total. The molecular formula is C18H23F2NO5. The monoisotopic (exact) mass is 371 g/mol. The van der Waals surface area contributed by atoms with Crippen LogP contribution in [0.15, 0.2) is 30.3 Å². The highest BCUT2D eigenvalue weighted by molar-refractivity contribution is 5.77. The number of alkyl halides is 2. The van der Waals surface area contributed by atoms with Gasteiger partial charge in [0.25, 0.3) is 0 Å². The maximum Gasteiger partial charge on any atom is 0.412 e. The summed E-state index contributed by atoms with van der Waals surface area (Å²) in [5.41, 5.74) is -0.351. The van der Waals surface area contributed by atoms with Gasteiger partial charge in [0.05, 0.1) is 19.3 Å². The standard InChI is InChI=1S/C18H23F2NO5/c1-4-24-15(22)18(19,20)10-14-12-26-17(2,3)21(14)16(23)25-11-13-8-6-5-7-9-13/h5-9,14H,4,10-12H2,1-3H3/t14-/m0/s1. The molecule has 0 radical (unpaired) electrons. The van der Waals surface area contributed by atoms with E-state index in [0.717, 1.165) is 10.5 Å². The van der Waals surface area contributed by atoms with E-state index in [1.807, 2.05) is 6.07 Å². The van der Waals surface area contributed by atoms with Crippen molar-refractivity contribution in [1.82, 2.24) is 4.90 Å². The molecule has 2 rings (SSSR count). The minimum atomic E-state index is -3.72. The third kappa shape index (κ3) is 4.69. The molecule has 1 atom stereocenters. The predicted octanol–water partition coefficient (Wildman–Crippen LogP) is 3.35. The Morgan fingerprint density at radius 2 is 1.92 bits per heavy atom. The maximum absolute atomic E-state index is 14.1. The van der Waals surface area contributed by atoms with E-state index in [1.165, 1.54) is 6.92 Å². The van der Waals surface area contributed by atoms with Crippen LogP contribution in [0.3, 0.4) is 0 Å². The lowest BCUT2D eigenvalue weighted by Crippen LogP contribution is -2.50. The van der Waals surface area contributed by atoms with Gasteiger partial charge in [0, 0.05) is 6.42 Å². The minimum Gasteiger partial charge on any atom is -0.462 e. The van der Waals surface area contributed by atoms with Crippen molar-refractivity contribution in [3.63, 3.8) is 0 Å². The molecule has 8 heteroatoms. The topological polar surface area (TPSA) is 65.1 Å². The van der Waals surface area contributed by atoms with Crippen LogP contribution in [0.25, 0.3) is 0 Å². The Balaban J connectivity index is 2.07. The Hall–Kier alpha value is -2.22. The molecule has 6 nitrogen and oxygen atoms in total. The molecule has 0 aromatic heterocycles. The van der Waals surface area contributed by atoms with Crippen molar-refractivity contribution in [2.24, 2.45) is 0 Å². The Labute approximate surface area is 151 Å². The Bertz CT molecular complexity index is 636. The SMILES string of the molecule is CCOC(=O)C(F)(F)C[C@H]1COC(C)(C)N1C(=O)OCc1ccccc1. The lowest BCUT2D eigenvalue weighted by atomic mass is 10.1. The van der Waals surface area contributed by atoms with Gasteiger partial charge in [-0.25, -0.2) is 9.59 Å². The zero-order valence-corrected chi connectivity index (χ0v) is 15.0. The molecule has 144 valence electrons. The summed E-state index contributed by atoms with van der Waals surface area (Å²) in [6, 6.07) is 7.99. The third-order valence-corrected chi connectivity index (χ3v) is 4.04. The molecule has 1 amide bonds. The van der Waals surface area contributed by atoms with Gasteiger partial charge in [0.1, 0.15) is 12.3 Å². The average Bonchev–Trinajstić information content (AvgIpc) is 2.87. The average molecular weight is 371 g/mol. The fourth-order valence-electron chi connectivity index (χ4n) is 2.81. The van der Waals surface area contributed by atoms with Crippen molar-refractivity contribution in [2.45, 2.75) is 51.5 Å². The van der Waals surface area contributed by atoms with Crippen molar-refractivity contribution >= 4 is 12.1 Å². The molecule has 0 saturated carbocycles. The van der Waals surface area contributed by atoms with Gasteiger partial charge >= 0.3 is 18.0 Å². The van der Waals surface area contributed by atoms with Gasteiger partial charge in [-0.1, -0.05) is 30.3 Å². The van der Waals surface area contributed by atoms with Crippen LogP contribution in [0.2, 0.25) is 0 Å². The van der Waals surface area contributed by atoms with Gasteiger partial charge < -0.3 is 14.2 Å². The Morgan fingerprint density at radius 1 is 1.27 bits per heavy atom. The molecular weight excluding hydrogens is 348 g/mol. The Kier molecular flexibility index (Phi) is 6.17. The van der Waals surface area contributed by atoms with Gasteiger partial charge in [0.2, 0.25) is 0 Å². The van der Waals surface area contributed by atoms with E-state index < -0.39 is 36.2 Å². The van der Waals surface area contributed by atoms with Gasteiger partial charge in [0.15, 0.2) is 0 Å². The second-order valence-electron chi connectivity index (χ2n) is 6.45. The normalized spacial score (nSPS) is 19.3. The summed E-state index contributed by atoms with van der Waals surface area (Å²) < 4.78 is 43.3. The summed E-state index contributed by atoms with van der Waals surface area (Å²) in [6.07, 6.45) is -1.67. The molecule has 1 aromatic rings. The van der Waals surface area contributed by atoms with E-state index >= 15 is 0 Å². The largest absolute Gasteiger partial charge is 0.462 e. The fourth-order valence-corrected chi connectivity index (χ4v) is 2.81. The van der Waals surface area contributed by atoms with Gasteiger partial charge in [-0.15, -0.1) is 0 Å². The lowest BCUT2D eigenvalue weighted by Gasteiger charge is -2.33. The first kappa shape index (κ1) is 20.1. The maximum atomic E-state index is 14.1. The number of carbonyl (C=O) groups excluding carboxylic acids is 2. The first-order chi connectivity index (χ1) is 12.2. The van der Waals surface area contributed by atoms with Crippen molar-refractivity contribution in [2.75, 3.05) is 13.2 Å². The van der Waals surface area contributed by atoms with E-state index in [4.69, 9.17) is 9.47 Å². The third-order valence-electron chi connectivity index (χ3n) is 4.04. The number of halogens is 2. The van der Waals surface area contributed by atoms with Crippen LogP contribution < -0.4 is 0 Å². The molecule has 0 spiro atoms. The van der Waals surface area contributed by atoms with Crippen LogP contribution in [-0.4, -0.2) is 47.9 Å². The number of carbonyl (C=O) groups is 2. The predicted molar refractivity (Wildman–Crippen MR) is 88.5 cm³/mol. The summed E-state index contributed by atoms with van der Waals surface area (Å²) in [5, 5.41) is 0. The number of rotatable bonds is 6. The van der Waals surface area contributed by atoms with E-state index in [9.17, 15) is 18.4 Å². The molecule has 0 unspecified atom stereocenters. The summed E-state index contributed by atoms with van der Waals surface area (Å²) in [7, 11) is 0. The van der Waals surface area contributed by atoms with Crippen molar-refractivity contribution < 1.29 is 32.6 Å². The molecule has 1 heterocycles. The highest BCUT2D eigenvalue weighted by atomic mass is 19.3. The number of esters is 1. The van der Waals surface area contributed by atoms with E-state index in [-0.39, 0.29) is 19.8 Å². The minimum absolute atomic E-state index is 0.00719. The first-order valence-electron chi connectivity index (χ1n) is 8.36. The number of hydrogen-bond acceptors (Lipinski definition) is 5. The number of benzene rings is 1. The second kappa shape index (κ2) is 7.99. The zero-order valence-electron chi connectivity index (χ0n) is 15.0. The second-order valence-corrected chi connectivity index (χ2v) is 6.45. The molecule has 26 heavy (non-hydrogen) atoms. The van der Waals surface area contributed by atoms with Crippen LogP contribution in [0.4, 0.5) is 13.6 Å². The first-order valence-corrected chi connectivity index (χ1v) is 8.36. The molecule has 1 aliphatic heterocycles. The number of amides is 1. The molecule has 1 aliphatic rings. The van der Waals surface area contributed by atoms with Crippen LogP contribution in [0, 0.1) is 0 Å². The van der Waals surface area contributed by atoms with Crippen molar-refractivity contribution in [3.8, 4) is 0 Å². The van der Waals surface area contributed by atoms with Gasteiger partial charge in [-0.2, -0.15) is 8.78 Å². The van der Waals surface area contributed by atoms with E-state index in [1.54, 1.807) is 38.1 Å². The fraction of sp³-hybridized carbons (Fsp3) is 0.556. The Morgan fingerprint density at radius 3 is 2.54 bits per heavy atom. The van der Waals surface area contributed by atoms with Crippen LogP contribution in [0.5, 0.6) is 0 Å². The van der Waals surface area contributed by atoms with Gasteiger partial charge in [-0.05, 0) is 26.3 Å². The van der Waals surface area contributed by atoms with Gasteiger partial charge in [-0.3, -0.25) is 4.90 Å². The highest BCUT2D eigenvalue weighted by Gasteiger charge is 2.51. The summed E-state index contributed by atoms with van der Waals surface area (Å²) in [5.74, 6) is -5.33. The summed E-state index contributed by atoms with van der Waals surface area (Å²) in [4.78, 5) is 25.1. The molecule has 1 aromatic carbocycles. The summed E-state index contributed by atoms with van der Waals surface area (Å²) in [6.45, 7) is 4.35. The van der Waals surface area contributed by atoms with E-state index in [0.29, 0.717) is 0 Å². The molecule has 0 bridgehead atoms. The van der Waals surface area contributed by atoms with Crippen LogP contribution >= 0.6 is 0 Å². The number of hydrogen-bond donors (Lipinski definition) is 0.